The average Bonchev–Trinajstić information content (AvgIpc) is 2.51. The standard InChI is InChI=1S/C18H32O3/c1-3-5-12-17(20-4-2)13-9-14-18(19)21-15-16-10-7-6-8-11-16/h12,16H,3-11,13-15H2,1-2H3/b17-12-. The molecule has 0 heterocycles. The van der Waals surface area contributed by atoms with E-state index >= 15 is 0 Å². The number of carbonyl (C=O) groups excluding carboxylic acids is 1. The summed E-state index contributed by atoms with van der Waals surface area (Å²) in [7, 11) is 0. The van der Waals surface area contributed by atoms with Crippen molar-refractivity contribution in [1.29, 1.82) is 0 Å². The van der Waals surface area contributed by atoms with Gasteiger partial charge in [-0.3, -0.25) is 4.79 Å². The molecule has 0 bridgehead atoms. The number of allylic oxidation sites excluding steroid dienone is 2. The van der Waals surface area contributed by atoms with Crippen LogP contribution < -0.4 is 0 Å². The van der Waals surface area contributed by atoms with Gasteiger partial charge in [-0.25, -0.2) is 0 Å². The van der Waals surface area contributed by atoms with E-state index in [1.165, 1.54) is 32.1 Å². The van der Waals surface area contributed by atoms with Crippen molar-refractivity contribution in [1.82, 2.24) is 0 Å². The molecular formula is C18H32O3. The van der Waals surface area contributed by atoms with Crippen molar-refractivity contribution in [2.45, 2.75) is 78.1 Å². The molecule has 1 aliphatic rings. The number of ether oxygens (including phenoxy) is 2. The summed E-state index contributed by atoms with van der Waals surface area (Å²) in [5.41, 5.74) is 0. The van der Waals surface area contributed by atoms with Crippen molar-refractivity contribution in [3.8, 4) is 0 Å². The fourth-order valence-corrected chi connectivity index (χ4v) is 2.77. The normalized spacial score (nSPS) is 16.8. The Hall–Kier alpha value is -0.990. The summed E-state index contributed by atoms with van der Waals surface area (Å²) >= 11 is 0. The molecule has 0 aromatic rings. The highest BCUT2D eigenvalue weighted by molar-refractivity contribution is 5.69. The molecule has 3 heteroatoms. The summed E-state index contributed by atoms with van der Waals surface area (Å²) in [4.78, 5) is 11.8. The van der Waals surface area contributed by atoms with Crippen LogP contribution in [-0.4, -0.2) is 19.2 Å². The quantitative estimate of drug-likeness (QED) is 0.420. The Balaban J connectivity index is 2.13. The molecule has 0 radical (unpaired) electrons. The van der Waals surface area contributed by atoms with Crippen LogP contribution in [0.2, 0.25) is 0 Å². The Labute approximate surface area is 130 Å². The molecule has 0 aromatic carbocycles. The van der Waals surface area contributed by atoms with Crippen LogP contribution in [0.4, 0.5) is 0 Å². The van der Waals surface area contributed by atoms with E-state index in [-0.39, 0.29) is 5.97 Å². The van der Waals surface area contributed by atoms with Gasteiger partial charge in [-0.05, 0) is 44.6 Å². The Morgan fingerprint density at radius 2 is 1.86 bits per heavy atom. The molecule has 0 unspecified atom stereocenters. The molecular weight excluding hydrogens is 264 g/mol. The molecule has 21 heavy (non-hydrogen) atoms. The summed E-state index contributed by atoms with van der Waals surface area (Å²) in [5.74, 6) is 1.58. The molecule has 0 aromatic heterocycles. The van der Waals surface area contributed by atoms with Gasteiger partial charge in [-0.1, -0.05) is 32.6 Å². The predicted molar refractivity (Wildman–Crippen MR) is 86.0 cm³/mol. The Kier molecular flexibility index (Phi) is 10.0. The van der Waals surface area contributed by atoms with Crippen LogP contribution in [0.3, 0.4) is 0 Å². The van der Waals surface area contributed by atoms with Crippen LogP contribution in [0.5, 0.6) is 0 Å². The van der Waals surface area contributed by atoms with Gasteiger partial charge < -0.3 is 9.47 Å². The summed E-state index contributed by atoms with van der Waals surface area (Å²) < 4.78 is 11.0. The van der Waals surface area contributed by atoms with E-state index in [0.29, 0.717) is 25.6 Å². The molecule has 1 aliphatic carbocycles. The minimum atomic E-state index is -0.0492. The fourth-order valence-electron chi connectivity index (χ4n) is 2.77. The second kappa shape index (κ2) is 11.6. The lowest BCUT2D eigenvalue weighted by atomic mass is 9.90. The number of carbonyl (C=O) groups is 1. The summed E-state index contributed by atoms with van der Waals surface area (Å²) in [6.07, 6.45) is 12.9. The van der Waals surface area contributed by atoms with Gasteiger partial charge in [0, 0.05) is 12.8 Å². The van der Waals surface area contributed by atoms with Crippen molar-refractivity contribution in [2.75, 3.05) is 13.2 Å². The molecule has 1 saturated carbocycles. The highest BCUT2D eigenvalue weighted by Gasteiger charge is 2.15. The van der Waals surface area contributed by atoms with E-state index in [1.807, 2.05) is 6.92 Å². The van der Waals surface area contributed by atoms with E-state index in [2.05, 4.69) is 13.0 Å². The number of hydrogen-bond acceptors (Lipinski definition) is 3. The second-order valence-electron chi connectivity index (χ2n) is 5.93. The largest absolute Gasteiger partial charge is 0.499 e. The van der Waals surface area contributed by atoms with Gasteiger partial charge in [0.2, 0.25) is 0 Å². The number of esters is 1. The fraction of sp³-hybridized carbons (Fsp3) is 0.833. The first-order chi connectivity index (χ1) is 10.3. The first-order valence-electron chi connectivity index (χ1n) is 8.73. The third-order valence-corrected chi connectivity index (χ3v) is 4.00. The molecule has 0 saturated heterocycles. The highest BCUT2D eigenvalue weighted by atomic mass is 16.5. The maximum Gasteiger partial charge on any atom is 0.305 e. The van der Waals surface area contributed by atoms with Gasteiger partial charge >= 0.3 is 5.97 Å². The second-order valence-corrected chi connectivity index (χ2v) is 5.93. The molecule has 122 valence electrons. The van der Waals surface area contributed by atoms with Crippen LogP contribution in [0.15, 0.2) is 11.8 Å². The number of unbranched alkanes of at least 4 members (excludes halogenated alkanes) is 1. The first-order valence-corrected chi connectivity index (χ1v) is 8.73. The molecule has 0 atom stereocenters. The highest BCUT2D eigenvalue weighted by Crippen LogP contribution is 2.23. The maximum absolute atomic E-state index is 11.8. The third-order valence-electron chi connectivity index (χ3n) is 4.00. The Morgan fingerprint density at radius 1 is 1.10 bits per heavy atom. The Bertz CT molecular complexity index is 304. The molecule has 0 N–H and O–H groups in total. The number of hydrogen-bond donors (Lipinski definition) is 0. The predicted octanol–water partition coefficient (Wildman–Crippen LogP) is 5.00. The van der Waals surface area contributed by atoms with E-state index in [0.717, 1.165) is 31.4 Å². The van der Waals surface area contributed by atoms with Crippen LogP contribution in [-0.2, 0) is 14.3 Å². The van der Waals surface area contributed by atoms with Crippen LogP contribution in [0, 0.1) is 5.92 Å². The van der Waals surface area contributed by atoms with E-state index in [9.17, 15) is 4.79 Å². The van der Waals surface area contributed by atoms with Crippen molar-refractivity contribution in [3.63, 3.8) is 0 Å². The van der Waals surface area contributed by atoms with Gasteiger partial charge in [-0.2, -0.15) is 0 Å². The molecule has 3 nitrogen and oxygen atoms in total. The lowest BCUT2D eigenvalue weighted by Gasteiger charge is -2.21. The van der Waals surface area contributed by atoms with Gasteiger partial charge in [-0.15, -0.1) is 0 Å². The van der Waals surface area contributed by atoms with Crippen molar-refractivity contribution in [3.05, 3.63) is 11.8 Å². The first kappa shape index (κ1) is 18.1. The van der Waals surface area contributed by atoms with E-state index < -0.39 is 0 Å². The van der Waals surface area contributed by atoms with Crippen LogP contribution in [0.1, 0.15) is 78.1 Å². The molecule has 0 aliphatic heterocycles. The SMILES string of the molecule is CCC/C=C(/CCCC(=O)OCC1CCCCC1)OCC. The zero-order valence-electron chi connectivity index (χ0n) is 13.9. The summed E-state index contributed by atoms with van der Waals surface area (Å²) in [6.45, 7) is 5.48. The van der Waals surface area contributed by atoms with Gasteiger partial charge in [0.1, 0.15) is 0 Å². The summed E-state index contributed by atoms with van der Waals surface area (Å²) in [5, 5.41) is 0. The minimum absolute atomic E-state index is 0.0492. The Morgan fingerprint density at radius 3 is 2.52 bits per heavy atom. The molecule has 1 rings (SSSR count). The average molecular weight is 296 g/mol. The lowest BCUT2D eigenvalue weighted by molar-refractivity contribution is -0.145. The van der Waals surface area contributed by atoms with Crippen molar-refractivity contribution >= 4 is 5.97 Å². The van der Waals surface area contributed by atoms with Gasteiger partial charge in [0.25, 0.3) is 0 Å². The van der Waals surface area contributed by atoms with E-state index in [4.69, 9.17) is 9.47 Å². The topological polar surface area (TPSA) is 35.5 Å². The monoisotopic (exact) mass is 296 g/mol. The van der Waals surface area contributed by atoms with Gasteiger partial charge in [0.15, 0.2) is 0 Å². The van der Waals surface area contributed by atoms with Crippen LogP contribution >= 0.6 is 0 Å². The van der Waals surface area contributed by atoms with Crippen molar-refractivity contribution < 1.29 is 14.3 Å². The van der Waals surface area contributed by atoms with Crippen molar-refractivity contribution in [2.24, 2.45) is 5.92 Å². The molecule has 1 fully saturated rings. The zero-order chi connectivity index (χ0) is 15.3. The summed E-state index contributed by atoms with van der Waals surface area (Å²) in [6, 6.07) is 0. The van der Waals surface area contributed by atoms with E-state index in [1.54, 1.807) is 0 Å². The lowest BCUT2D eigenvalue weighted by Crippen LogP contribution is -2.16. The molecule has 0 amide bonds. The molecule has 0 spiro atoms. The third kappa shape index (κ3) is 8.79. The van der Waals surface area contributed by atoms with Crippen LogP contribution in [0.25, 0.3) is 0 Å². The van der Waals surface area contributed by atoms with Gasteiger partial charge in [0.05, 0.1) is 19.0 Å². The smallest absolute Gasteiger partial charge is 0.305 e. The number of rotatable bonds is 10. The zero-order valence-corrected chi connectivity index (χ0v) is 13.9. The minimum Gasteiger partial charge on any atom is -0.499 e. The maximum atomic E-state index is 11.8.